The first-order valence-corrected chi connectivity index (χ1v) is 0. The topological polar surface area (TPSA) is 0 Å². The summed E-state index contributed by atoms with van der Waals surface area (Å²) in [5, 5.41) is 0. The maximum absolute atomic E-state index is 0. The predicted octanol–water partition coefficient (Wildman–Crippen LogP) is 0.0506. The molecular weight excluding hydrogens is 380 g/mol. The van der Waals surface area contributed by atoms with Gasteiger partial charge in [0.05, 0.1) is 0 Å². The van der Waals surface area contributed by atoms with Crippen LogP contribution in [0, 0.1) is 0 Å². The van der Waals surface area contributed by atoms with Crippen LogP contribution in [0.25, 0.3) is 0 Å². The van der Waals surface area contributed by atoms with Gasteiger partial charge < -0.3 is 0 Å². The molecule has 0 nitrogen and oxygen atoms in total. The summed E-state index contributed by atoms with van der Waals surface area (Å²) in [6, 6.07) is 0. The van der Waals surface area contributed by atoms with Crippen LogP contribution >= 0.6 is 9.90 Å². The van der Waals surface area contributed by atoms with E-state index in [0.717, 1.165) is 0 Å². The van der Waals surface area contributed by atoms with E-state index in [4.69, 9.17) is 0 Å². The fraction of sp³-hybridized carbons (Fsp3) is 0. The molecule has 4 heavy (non-hydrogen) atoms. The predicted molar refractivity (Wildman–Crippen MR) is 11.1 cm³/mol. The van der Waals surface area contributed by atoms with E-state index in [1.54, 1.807) is 0 Å². The maximum atomic E-state index is 0. The quantitative estimate of drug-likeness (QED) is 0.410. The van der Waals surface area contributed by atoms with Crippen molar-refractivity contribution in [3.63, 3.8) is 0 Å². The molecule has 0 aliphatic rings. The summed E-state index contributed by atoms with van der Waals surface area (Å²) in [5.74, 6) is 0. The Hall–Kier alpha value is 2.27. The summed E-state index contributed by atoms with van der Waals surface area (Å²) in [5.41, 5.74) is 0. The van der Waals surface area contributed by atoms with Crippen molar-refractivity contribution in [1.82, 2.24) is 0 Å². The molecule has 0 spiro atoms. The molecule has 0 rings (SSSR count). The van der Waals surface area contributed by atoms with E-state index in [0.29, 0.717) is 0 Å². The second-order valence-corrected chi connectivity index (χ2v) is 0. The molecule has 4 heteroatoms. The Morgan fingerprint density at radius 1 is 1.00 bits per heavy atom. The van der Waals surface area contributed by atoms with Gasteiger partial charge in [-0.1, -0.05) is 0 Å². The molecular formula is H3NiPPdW. The van der Waals surface area contributed by atoms with Crippen LogP contribution in [-0.4, -0.2) is 0 Å². The molecule has 0 aromatic carbocycles. The van der Waals surface area contributed by atoms with Crippen molar-refractivity contribution in [2.45, 2.75) is 0 Å². The summed E-state index contributed by atoms with van der Waals surface area (Å²) in [4.78, 5) is 0. The van der Waals surface area contributed by atoms with Gasteiger partial charge in [-0.15, -0.1) is 0 Å². The molecule has 0 aromatic heterocycles. The zero-order valence-corrected chi connectivity index (χ0v) is 8.64. The fourth-order valence-corrected chi connectivity index (χ4v) is 0. The summed E-state index contributed by atoms with van der Waals surface area (Å²) in [6.45, 7) is 0. The Morgan fingerprint density at radius 2 is 1.00 bits per heavy atom. The zero-order chi connectivity index (χ0) is 0. The van der Waals surface area contributed by atoms with E-state index in [-0.39, 0.29) is 67.9 Å². The van der Waals surface area contributed by atoms with E-state index in [1.807, 2.05) is 0 Å². The Labute approximate surface area is 67.3 Å². The molecule has 34 valence electrons. The van der Waals surface area contributed by atoms with Crippen molar-refractivity contribution >= 4 is 9.90 Å². The van der Waals surface area contributed by atoms with Gasteiger partial charge in [-0.2, -0.15) is 9.90 Å². The molecule has 0 fully saturated rings. The molecule has 1 atom stereocenters. The van der Waals surface area contributed by atoms with Gasteiger partial charge in [0.1, 0.15) is 0 Å². The third kappa shape index (κ3) is 8.86. The first kappa shape index (κ1) is 33.7. The van der Waals surface area contributed by atoms with Crippen molar-refractivity contribution in [1.29, 1.82) is 0 Å². The number of hydrogen-bond donors (Lipinski definition) is 0. The minimum absolute atomic E-state index is 0. The smallest absolute Gasteiger partial charge is 0 e. The Kier molecular flexibility index (Phi) is 157. The van der Waals surface area contributed by atoms with Gasteiger partial charge in [0.15, 0.2) is 0 Å². The molecule has 0 aromatic rings. The van der Waals surface area contributed by atoms with Crippen LogP contribution in [0.5, 0.6) is 0 Å². The molecule has 0 radical (unpaired) electrons. The third-order valence-corrected chi connectivity index (χ3v) is 0. The van der Waals surface area contributed by atoms with E-state index in [9.17, 15) is 0 Å². The minimum Gasteiger partial charge on any atom is -0.153 e. The van der Waals surface area contributed by atoms with Gasteiger partial charge in [-0.05, 0) is 0 Å². The van der Waals surface area contributed by atoms with E-state index in [1.165, 1.54) is 0 Å². The van der Waals surface area contributed by atoms with Crippen LogP contribution in [0.2, 0.25) is 0 Å². The van der Waals surface area contributed by atoms with Crippen molar-refractivity contribution in [2.75, 3.05) is 0 Å². The van der Waals surface area contributed by atoms with Gasteiger partial charge in [0, 0.05) is 58.0 Å². The summed E-state index contributed by atoms with van der Waals surface area (Å²) in [7, 11) is 0. The molecule has 0 saturated carbocycles. The third-order valence-electron chi connectivity index (χ3n) is 0. The van der Waals surface area contributed by atoms with Crippen LogP contribution in [-0.2, 0) is 58.0 Å². The van der Waals surface area contributed by atoms with Crippen LogP contribution in [0.1, 0.15) is 0 Å². The SMILES string of the molecule is P.[Ni].[Pd].[W]. The van der Waals surface area contributed by atoms with Crippen LogP contribution in [0.3, 0.4) is 0 Å². The van der Waals surface area contributed by atoms with E-state index < -0.39 is 0 Å². The van der Waals surface area contributed by atoms with Gasteiger partial charge >= 0.3 is 0 Å². The van der Waals surface area contributed by atoms with Crippen molar-refractivity contribution < 1.29 is 58.0 Å². The molecule has 0 heterocycles. The van der Waals surface area contributed by atoms with Crippen molar-refractivity contribution in [3.05, 3.63) is 0 Å². The summed E-state index contributed by atoms with van der Waals surface area (Å²) < 4.78 is 0. The summed E-state index contributed by atoms with van der Waals surface area (Å²) >= 11 is 0. The molecule has 0 saturated heterocycles. The first-order valence-electron chi connectivity index (χ1n) is 0. The first-order chi connectivity index (χ1) is 0. The molecule has 0 amide bonds. The molecule has 1 unspecified atom stereocenters. The summed E-state index contributed by atoms with van der Waals surface area (Å²) in [6.07, 6.45) is 0. The average Bonchev–Trinajstić information content (AvgIpc) is 0. The number of hydrogen-bond acceptors (Lipinski definition) is 0. The van der Waals surface area contributed by atoms with Gasteiger partial charge in [-0.25, -0.2) is 0 Å². The second kappa shape index (κ2) is 18.6. The van der Waals surface area contributed by atoms with Gasteiger partial charge in [-0.3, -0.25) is 0 Å². The largest absolute Gasteiger partial charge is 0.153 e. The van der Waals surface area contributed by atoms with Crippen LogP contribution in [0.4, 0.5) is 0 Å². The monoisotopic (exact) mass is 382 g/mol. The van der Waals surface area contributed by atoms with E-state index in [2.05, 4.69) is 0 Å². The van der Waals surface area contributed by atoms with Crippen LogP contribution in [0.15, 0.2) is 0 Å². The van der Waals surface area contributed by atoms with Crippen molar-refractivity contribution in [3.8, 4) is 0 Å². The molecule has 0 N–H and O–H groups in total. The zero-order valence-electron chi connectivity index (χ0n) is 1.75. The Morgan fingerprint density at radius 3 is 1.00 bits per heavy atom. The number of rotatable bonds is 0. The van der Waals surface area contributed by atoms with Gasteiger partial charge in [0.2, 0.25) is 0 Å². The molecule has 0 bridgehead atoms. The van der Waals surface area contributed by atoms with Crippen LogP contribution < -0.4 is 0 Å². The standard InChI is InChI=1S/Ni.H3P.Pd.W/h;1H3;;. The van der Waals surface area contributed by atoms with Gasteiger partial charge in [0.25, 0.3) is 0 Å². The molecule has 0 aliphatic heterocycles. The Balaban J connectivity index is 0. The van der Waals surface area contributed by atoms with E-state index >= 15 is 0 Å². The molecule has 0 aliphatic carbocycles. The second-order valence-electron chi connectivity index (χ2n) is 0. The minimum atomic E-state index is 0. The normalized spacial score (nSPS) is 0. The maximum Gasteiger partial charge on any atom is 0 e. The average molecular weight is 383 g/mol. The fourth-order valence-electron chi connectivity index (χ4n) is 0. The Bertz CT molecular complexity index is 8.00. The van der Waals surface area contributed by atoms with Crippen molar-refractivity contribution in [2.24, 2.45) is 0 Å².